The van der Waals surface area contributed by atoms with Crippen molar-refractivity contribution in [2.45, 2.75) is 64.6 Å². The molecular weight excluding hydrogens is 598 g/mol. The summed E-state index contributed by atoms with van der Waals surface area (Å²) < 4.78 is 22.1. The average molecular weight is 644 g/mol. The highest BCUT2D eigenvalue weighted by atomic mass is 32.2. The van der Waals surface area contributed by atoms with Gasteiger partial charge < -0.3 is 34.9 Å². The number of carbonyl (C=O) groups is 3. The van der Waals surface area contributed by atoms with E-state index in [1.165, 1.54) is 27.2 Å². The molecule has 1 aliphatic carbocycles. The summed E-state index contributed by atoms with van der Waals surface area (Å²) in [4.78, 5) is 52.1. The van der Waals surface area contributed by atoms with E-state index in [0.29, 0.717) is 59.8 Å². The van der Waals surface area contributed by atoms with Gasteiger partial charge in [0.15, 0.2) is 11.5 Å². The standard InChI is InChI=1S/C33H45N3O8S/c1-9-18(2)29(33(40)44-7)36-32(39)25(14-15-45-8)35-24-13-11-21-22(17-26(24)38)23(34-19(3)37)12-10-20-16-27(41-4)30(42-5)31(43-6)28(20)21/h11,13,16-18,23,25,29H,9-10,12,14-15H2,1-8H3,(H,34,37)(H,35,38)(H,36,39)/t18-,23+,25+,29+/m0/s1. The molecule has 0 heterocycles. The molecule has 0 spiro atoms. The van der Waals surface area contributed by atoms with E-state index in [2.05, 4.69) is 16.0 Å². The molecule has 45 heavy (non-hydrogen) atoms. The number of carbonyl (C=O) groups excluding carboxylic acids is 3. The highest BCUT2D eigenvalue weighted by Crippen LogP contribution is 2.50. The van der Waals surface area contributed by atoms with Gasteiger partial charge in [0.05, 0.1) is 40.2 Å². The Morgan fingerprint density at radius 1 is 1.04 bits per heavy atom. The van der Waals surface area contributed by atoms with Crippen molar-refractivity contribution in [3.8, 4) is 28.4 Å². The summed E-state index contributed by atoms with van der Waals surface area (Å²) in [5.41, 5.74) is 2.76. The lowest BCUT2D eigenvalue weighted by atomic mass is 9.95. The van der Waals surface area contributed by atoms with Gasteiger partial charge in [0.1, 0.15) is 12.1 Å². The highest BCUT2D eigenvalue weighted by Gasteiger charge is 2.32. The number of thioether (sulfide) groups is 1. The quantitative estimate of drug-likeness (QED) is 0.258. The Morgan fingerprint density at radius 3 is 2.33 bits per heavy atom. The number of amides is 2. The number of fused-ring (bicyclic) bond motifs is 3. The molecule has 3 rings (SSSR count). The van der Waals surface area contributed by atoms with Crippen LogP contribution in [0.15, 0.2) is 29.1 Å². The maximum Gasteiger partial charge on any atom is 0.328 e. The Balaban J connectivity index is 2.18. The van der Waals surface area contributed by atoms with Gasteiger partial charge >= 0.3 is 5.97 Å². The van der Waals surface area contributed by atoms with E-state index in [4.69, 9.17) is 18.9 Å². The molecule has 0 aliphatic heterocycles. The fourth-order valence-electron chi connectivity index (χ4n) is 5.57. The second-order valence-corrected chi connectivity index (χ2v) is 12.0. The van der Waals surface area contributed by atoms with Gasteiger partial charge in [0, 0.05) is 12.5 Å². The van der Waals surface area contributed by atoms with Crippen LogP contribution in [0.2, 0.25) is 0 Å². The molecule has 12 heteroatoms. The lowest BCUT2D eigenvalue weighted by Crippen LogP contribution is -2.51. The van der Waals surface area contributed by atoms with Crippen LogP contribution in [0.1, 0.15) is 57.2 Å². The molecule has 2 amide bonds. The van der Waals surface area contributed by atoms with Gasteiger partial charge in [-0.05, 0) is 72.1 Å². The molecule has 2 aromatic rings. The van der Waals surface area contributed by atoms with Crippen molar-refractivity contribution >= 4 is 35.2 Å². The van der Waals surface area contributed by atoms with Gasteiger partial charge in [-0.1, -0.05) is 26.3 Å². The van der Waals surface area contributed by atoms with Crippen LogP contribution < -0.4 is 35.6 Å². The van der Waals surface area contributed by atoms with Crippen molar-refractivity contribution < 1.29 is 33.3 Å². The molecule has 0 saturated carbocycles. The van der Waals surface area contributed by atoms with E-state index in [0.717, 1.165) is 11.1 Å². The van der Waals surface area contributed by atoms with Gasteiger partial charge in [-0.15, -0.1) is 0 Å². The van der Waals surface area contributed by atoms with Crippen LogP contribution in [0.25, 0.3) is 11.1 Å². The zero-order valence-corrected chi connectivity index (χ0v) is 28.1. The normalized spacial score (nSPS) is 15.6. The van der Waals surface area contributed by atoms with Crippen molar-refractivity contribution in [3.05, 3.63) is 45.6 Å². The zero-order chi connectivity index (χ0) is 33.3. The molecule has 2 aromatic carbocycles. The highest BCUT2D eigenvalue weighted by molar-refractivity contribution is 7.98. The molecule has 4 atom stereocenters. The summed E-state index contributed by atoms with van der Waals surface area (Å²) in [7, 11) is 5.91. The number of nitrogens with one attached hydrogen (secondary N) is 3. The Bertz CT molecular complexity index is 1450. The predicted octanol–water partition coefficient (Wildman–Crippen LogP) is 4.10. The maximum atomic E-state index is 13.8. The Kier molecular flexibility index (Phi) is 13.0. The van der Waals surface area contributed by atoms with Gasteiger partial charge in [-0.3, -0.25) is 14.4 Å². The minimum atomic E-state index is -0.824. The molecule has 1 aliphatic rings. The number of anilines is 1. The van der Waals surface area contributed by atoms with E-state index in [9.17, 15) is 19.2 Å². The topological polar surface area (TPSA) is 141 Å². The maximum absolute atomic E-state index is 13.8. The third kappa shape index (κ3) is 8.22. The summed E-state index contributed by atoms with van der Waals surface area (Å²) in [6.07, 6.45) is 4.09. The van der Waals surface area contributed by atoms with Crippen LogP contribution in [0.4, 0.5) is 5.69 Å². The molecule has 246 valence electrons. The second kappa shape index (κ2) is 16.4. The Morgan fingerprint density at radius 2 is 1.76 bits per heavy atom. The number of benzene rings is 1. The number of esters is 1. The number of hydrogen-bond acceptors (Lipinski definition) is 10. The first-order chi connectivity index (χ1) is 21.5. The van der Waals surface area contributed by atoms with E-state index >= 15 is 0 Å². The zero-order valence-electron chi connectivity index (χ0n) is 27.3. The lowest BCUT2D eigenvalue weighted by molar-refractivity contribution is -0.146. The molecule has 0 radical (unpaired) electrons. The smallest absolute Gasteiger partial charge is 0.328 e. The van der Waals surface area contributed by atoms with Crippen molar-refractivity contribution in [2.24, 2.45) is 5.92 Å². The van der Waals surface area contributed by atoms with E-state index in [1.807, 2.05) is 26.2 Å². The Hall–Kier alpha value is -3.93. The van der Waals surface area contributed by atoms with Crippen LogP contribution in [0.3, 0.4) is 0 Å². The second-order valence-electron chi connectivity index (χ2n) is 11.0. The first kappa shape index (κ1) is 35.5. The molecule has 0 unspecified atom stereocenters. The van der Waals surface area contributed by atoms with Crippen molar-refractivity contribution in [2.75, 3.05) is 45.8 Å². The first-order valence-electron chi connectivity index (χ1n) is 15.0. The molecule has 11 nitrogen and oxygen atoms in total. The van der Waals surface area contributed by atoms with E-state index < -0.39 is 30.0 Å². The largest absolute Gasteiger partial charge is 0.493 e. The third-order valence-corrected chi connectivity index (χ3v) is 8.78. The van der Waals surface area contributed by atoms with Crippen molar-refractivity contribution in [3.63, 3.8) is 0 Å². The number of rotatable bonds is 14. The predicted molar refractivity (Wildman–Crippen MR) is 176 cm³/mol. The number of aryl methyl sites for hydroxylation is 1. The molecule has 0 aromatic heterocycles. The first-order valence-corrected chi connectivity index (χ1v) is 16.4. The van der Waals surface area contributed by atoms with Crippen molar-refractivity contribution in [1.82, 2.24) is 10.6 Å². The summed E-state index contributed by atoms with van der Waals surface area (Å²) >= 11 is 1.57. The monoisotopic (exact) mass is 643 g/mol. The third-order valence-electron chi connectivity index (χ3n) is 8.14. The van der Waals surface area contributed by atoms with Crippen molar-refractivity contribution in [1.29, 1.82) is 0 Å². The summed E-state index contributed by atoms with van der Waals surface area (Å²) in [6, 6.07) is 4.74. The fourth-order valence-corrected chi connectivity index (χ4v) is 6.04. The molecule has 0 bridgehead atoms. The van der Waals surface area contributed by atoms with Crippen LogP contribution >= 0.6 is 11.8 Å². The molecule has 0 saturated heterocycles. The van der Waals surface area contributed by atoms with Crippen LogP contribution in [0, 0.1) is 5.92 Å². The summed E-state index contributed by atoms with van der Waals surface area (Å²) in [5, 5.41) is 8.99. The van der Waals surface area contributed by atoms with Crippen LogP contribution in [-0.2, 0) is 25.5 Å². The van der Waals surface area contributed by atoms with Crippen LogP contribution in [-0.4, -0.2) is 70.3 Å². The number of methoxy groups -OCH3 is 4. The van der Waals surface area contributed by atoms with Gasteiger partial charge in [0.2, 0.25) is 23.0 Å². The molecule has 3 N–H and O–H groups in total. The Labute approximate surface area is 269 Å². The molecule has 0 fully saturated rings. The molecular formula is C33H45N3O8S. The average Bonchev–Trinajstić information content (AvgIpc) is 3.27. The van der Waals surface area contributed by atoms with E-state index in [1.54, 1.807) is 38.1 Å². The van der Waals surface area contributed by atoms with Crippen LogP contribution in [0.5, 0.6) is 17.2 Å². The lowest BCUT2D eigenvalue weighted by Gasteiger charge is -2.25. The SMILES string of the molecule is CC[C@H](C)[C@@H](NC(=O)[C@@H](CCSC)Nc1ccc2c(cc1=O)[C@H](NC(C)=O)CCc1cc(OC)c(OC)c(OC)c1-2)C(=O)OC. The minimum Gasteiger partial charge on any atom is -0.493 e. The minimum absolute atomic E-state index is 0.153. The fraction of sp³-hybridized carbons (Fsp3) is 0.515. The summed E-state index contributed by atoms with van der Waals surface area (Å²) in [6.45, 7) is 5.24. The van der Waals surface area contributed by atoms with Gasteiger partial charge in [0.25, 0.3) is 0 Å². The number of hydrogen-bond donors (Lipinski definition) is 3. The van der Waals surface area contributed by atoms with E-state index in [-0.39, 0.29) is 22.9 Å². The van der Waals surface area contributed by atoms with Gasteiger partial charge in [-0.25, -0.2) is 4.79 Å². The van der Waals surface area contributed by atoms with Gasteiger partial charge in [-0.2, -0.15) is 11.8 Å². The summed E-state index contributed by atoms with van der Waals surface area (Å²) in [5.74, 6) is 0.677. The number of ether oxygens (including phenoxy) is 4.